The molecule has 0 aromatic heterocycles. The molecule has 0 saturated carbocycles. The van der Waals surface area contributed by atoms with E-state index in [-0.39, 0.29) is 19.9 Å². The molecule has 44 heavy (non-hydrogen) atoms. The number of nitrogens with one attached hydrogen (secondary N) is 3. The molecule has 0 radical (unpaired) electrons. The van der Waals surface area contributed by atoms with Crippen LogP contribution in [0.15, 0.2) is 104 Å². The minimum atomic E-state index is -0.628. The summed E-state index contributed by atoms with van der Waals surface area (Å²) in [5, 5.41) is 7.60. The van der Waals surface area contributed by atoms with Crippen molar-refractivity contribution >= 4 is 36.0 Å². The van der Waals surface area contributed by atoms with Crippen LogP contribution in [0.25, 0.3) is 17.7 Å². The Balaban J connectivity index is 0.000000342. The van der Waals surface area contributed by atoms with Crippen LogP contribution in [0.1, 0.15) is 43.0 Å². The average Bonchev–Trinajstić information content (AvgIpc) is 3.02. The molecular weight excluding hydrogens is 558 g/mol. The van der Waals surface area contributed by atoms with Crippen LogP contribution >= 0.6 is 0 Å². The molecule has 0 heterocycles. The van der Waals surface area contributed by atoms with Crippen LogP contribution < -0.4 is 16.0 Å². The second-order valence-electron chi connectivity index (χ2n) is 9.96. The molecule has 0 fully saturated rings. The van der Waals surface area contributed by atoms with E-state index in [0.29, 0.717) is 0 Å². The lowest BCUT2D eigenvalue weighted by Crippen LogP contribution is -2.40. The number of rotatable bonds is 11. The maximum Gasteiger partial charge on any atom is 0.408 e. The summed E-state index contributed by atoms with van der Waals surface area (Å²) in [4.78, 5) is 34.2. The third kappa shape index (κ3) is 14.0. The number of benzene rings is 3. The molecule has 9 heteroatoms. The van der Waals surface area contributed by atoms with Gasteiger partial charge in [-0.1, -0.05) is 103 Å². The van der Waals surface area contributed by atoms with Gasteiger partial charge in [-0.15, -0.1) is 0 Å². The Morgan fingerprint density at radius 2 is 1.25 bits per heavy atom. The molecule has 3 rings (SSSR count). The van der Waals surface area contributed by atoms with Crippen molar-refractivity contribution < 1.29 is 28.6 Å². The van der Waals surface area contributed by atoms with Gasteiger partial charge in [-0.3, -0.25) is 0 Å². The third-order valence-corrected chi connectivity index (χ3v) is 5.98. The van der Waals surface area contributed by atoms with E-state index in [9.17, 15) is 14.4 Å². The van der Waals surface area contributed by atoms with Crippen LogP contribution in [0.5, 0.6) is 0 Å². The van der Waals surface area contributed by atoms with Crippen LogP contribution in [0, 0.1) is 0 Å². The lowest BCUT2D eigenvalue weighted by Gasteiger charge is -2.26. The van der Waals surface area contributed by atoms with Crippen LogP contribution in [0.3, 0.4) is 0 Å². The lowest BCUT2D eigenvalue weighted by atomic mass is 9.92. The second-order valence-corrected chi connectivity index (χ2v) is 9.96. The largest absolute Gasteiger partial charge is 0.453 e. The Bertz CT molecular complexity index is 1340. The smallest absolute Gasteiger partial charge is 0.408 e. The predicted molar refractivity (Wildman–Crippen MR) is 175 cm³/mol. The highest BCUT2D eigenvalue weighted by molar-refractivity contribution is 5.70. The average molecular weight is 600 g/mol. The highest BCUT2D eigenvalue weighted by atomic mass is 16.6. The summed E-state index contributed by atoms with van der Waals surface area (Å²) in [5.41, 5.74) is 4.66. The molecule has 3 N–H and O–H groups in total. The fraction of sp³-hybridized carbons (Fsp3) is 0.229. The fourth-order valence-corrected chi connectivity index (χ4v) is 3.59. The third-order valence-electron chi connectivity index (χ3n) is 5.98. The van der Waals surface area contributed by atoms with Crippen molar-refractivity contribution in [2.75, 3.05) is 27.0 Å². The molecule has 0 aliphatic rings. The molecule has 0 bridgehead atoms. The second kappa shape index (κ2) is 19.0. The molecular formula is C35H41N3O6. The standard InChI is InChI=1S/C21H22N2O4.C14H19NO2/c24-20(26-15-7-13-18-9-3-1-4-10-18)22-17-23-21(25)27-16-8-14-19-11-5-2-6-12-19;1-10(2)11-7-6-8-12(9-11)14(3,4)15-13(16)17-5/h1-14H,15-17H2,(H,22,24)(H,23,25);6-9H,1H2,2-5H3,(H,15,16)/b13-7+,14-8+;. The normalized spacial score (nSPS) is 10.7. The minimum Gasteiger partial charge on any atom is -0.453 e. The SMILES string of the molecule is C=C(C)c1cccc(C(C)(C)NC(=O)OC)c1.O=C(NCNC(=O)OC/C=C/c1ccccc1)OC/C=C/c1ccccc1. The van der Waals surface area contributed by atoms with Gasteiger partial charge < -0.3 is 30.2 Å². The number of hydrogen-bond donors (Lipinski definition) is 3. The summed E-state index contributed by atoms with van der Waals surface area (Å²) in [6, 6.07) is 27.3. The van der Waals surface area contributed by atoms with Gasteiger partial charge in [-0.2, -0.15) is 0 Å². The maximum absolute atomic E-state index is 11.5. The van der Waals surface area contributed by atoms with Gasteiger partial charge in [-0.25, -0.2) is 14.4 Å². The number of ether oxygens (including phenoxy) is 3. The molecule has 0 saturated heterocycles. The van der Waals surface area contributed by atoms with Gasteiger partial charge in [0, 0.05) is 0 Å². The molecule has 232 valence electrons. The number of carbonyl (C=O) groups is 3. The topological polar surface area (TPSA) is 115 Å². The quantitative estimate of drug-likeness (QED) is 0.160. The summed E-state index contributed by atoms with van der Waals surface area (Å²) in [5.74, 6) is 0. The van der Waals surface area contributed by atoms with Gasteiger partial charge in [0.25, 0.3) is 0 Å². The zero-order valence-corrected chi connectivity index (χ0v) is 25.7. The molecule has 0 atom stereocenters. The zero-order valence-electron chi connectivity index (χ0n) is 25.7. The summed E-state index contributed by atoms with van der Waals surface area (Å²) in [6.07, 6.45) is 5.48. The van der Waals surface area contributed by atoms with Crippen molar-refractivity contribution in [1.29, 1.82) is 0 Å². The van der Waals surface area contributed by atoms with Crippen LogP contribution in [-0.2, 0) is 19.7 Å². The van der Waals surface area contributed by atoms with Crippen molar-refractivity contribution in [2.24, 2.45) is 0 Å². The monoisotopic (exact) mass is 599 g/mol. The number of alkyl carbamates (subject to hydrolysis) is 3. The van der Waals surface area contributed by atoms with Crippen molar-refractivity contribution in [3.63, 3.8) is 0 Å². The Labute approximate surface area is 259 Å². The first-order valence-corrected chi connectivity index (χ1v) is 14.0. The first kappa shape index (κ1) is 34.9. The molecule has 0 aliphatic heterocycles. The van der Waals surface area contributed by atoms with Crippen molar-refractivity contribution in [3.05, 3.63) is 126 Å². The summed E-state index contributed by atoms with van der Waals surface area (Å²) < 4.78 is 14.5. The van der Waals surface area contributed by atoms with E-state index in [1.54, 1.807) is 12.2 Å². The minimum absolute atomic E-state index is 0.0809. The Morgan fingerprint density at radius 1 is 0.750 bits per heavy atom. The number of allylic oxidation sites excluding steroid dienone is 1. The van der Waals surface area contributed by atoms with Crippen LogP contribution in [0.2, 0.25) is 0 Å². The first-order valence-electron chi connectivity index (χ1n) is 14.0. The molecule has 9 nitrogen and oxygen atoms in total. The Morgan fingerprint density at radius 3 is 1.70 bits per heavy atom. The van der Waals surface area contributed by atoms with E-state index >= 15 is 0 Å². The maximum atomic E-state index is 11.5. The number of carbonyl (C=O) groups excluding carboxylic acids is 3. The summed E-state index contributed by atoms with van der Waals surface area (Å²) in [6.45, 7) is 9.92. The van der Waals surface area contributed by atoms with Gasteiger partial charge >= 0.3 is 18.3 Å². The van der Waals surface area contributed by atoms with Crippen LogP contribution in [0.4, 0.5) is 14.4 Å². The van der Waals surface area contributed by atoms with E-state index in [1.807, 2.05) is 118 Å². The summed E-state index contributed by atoms with van der Waals surface area (Å²) >= 11 is 0. The van der Waals surface area contributed by atoms with E-state index in [2.05, 4.69) is 27.3 Å². The zero-order chi connectivity index (χ0) is 32.2. The molecule has 3 aromatic rings. The molecule has 0 spiro atoms. The highest BCUT2D eigenvalue weighted by Gasteiger charge is 2.23. The molecule has 0 unspecified atom stereocenters. The van der Waals surface area contributed by atoms with E-state index in [0.717, 1.165) is 27.8 Å². The van der Waals surface area contributed by atoms with Crippen molar-refractivity contribution in [2.45, 2.75) is 26.3 Å². The Hall–Kier alpha value is -5.31. The summed E-state index contributed by atoms with van der Waals surface area (Å²) in [7, 11) is 1.36. The van der Waals surface area contributed by atoms with Gasteiger partial charge in [0.05, 0.1) is 19.3 Å². The lowest BCUT2D eigenvalue weighted by molar-refractivity contribution is 0.149. The first-order chi connectivity index (χ1) is 21.1. The highest BCUT2D eigenvalue weighted by Crippen LogP contribution is 2.23. The van der Waals surface area contributed by atoms with Gasteiger partial charge in [-0.05, 0) is 61.2 Å². The number of hydrogen-bond acceptors (Lipinski definition) is 6. The van der Waals surface area contributed by atoms with Crippen molar-refractivity contribution in [1.82, 2.24) is 16.0 Å². The molecule has 3 amide bonds. The fourth-order valence-electron chi connectivity index (χ4n) is 3.59. The van der Waals surface area contributed by atoms with E-state index < -0.39 is 23.8 Å². The molecule has 3 aromatic carbocycles. The predicted octanol–water partition coefficient (Wildman–Crippen LogP) is 7.13. The van der Waals surface area contributed by atoms with Crippen molar-refractivity contribution in [3.8, 4) is 0 Å². The van der Waals surface area contributed by atoms with E-state index in [4.69, 9.17) is 9.47 Å². The number of amides is 3. The van der Waals surface area contributed by atoms with Gasteiger partial charge in [0.2, 0.25) is 0 Å². The van der Waals surface area contributed by atoms with E-state index in [1.165, 1.54) is 7.11 Å². The van der Waals surface area contributed by atoms with Crippen LogP contribution in [-0.4, -0.2) is 45.3 Å². The van der Waals surface area contributed by atoms with Gasteiger partial charge in [0.1, 0.15) is 13.2 Å². The Kier molecular flexibility index (Phi) is 15.1. The number of methoxy groups -OCH3 is 1. The van der Waals surface area contributed by atoms with Gasteiger partial charge in [0.15, 0.2) is 0 Å². The molecule has 0 aliphatic carbocycles.